The Morgan fingerprint density at radius 3 is 3.09 bits per heavy atom. The molecule has 0 bridgehead atoms. The lowest BCUT2D eigenvalue weighted by molar-refractivity contribution is 0.201. The van der Waals surface area contributed by atoms with Crippen molar-refractivity contribution in [3.63, 3.8) is 0 Å². The summed E-state index contributed by atoms with van der Waals surface area (Å²) >= 11 is 0. The van der Waals surface area contributed by atoms with Crippen LogP contribution in [0, 0.1) is 19.1 Å². The lowest BCUT2D eigenvalue weighted by atomic mass is 10.3. The zero-order valence-electron chi connectivity index (χ0n) is 6.42. The lowest BCUT2D eigenvalue weighted by Crippen LogP contribution is -2.01. The molecule has 0 spiro atoms. The Kier molecular flexibility index (Phi) is 2.76. The fourth-order valence-electron chi connectivity index (χ4n) is 0.759. The largest absolute Gasteiger partial charge is 0.490 e. The number of hydrogen-bond donors (Lipinski definition) is 1. The predicted octanol–water partition coefficient (Wildman–Crippen LogP) is 0.966. The van der Waals surface area contributed by atoms with E-state index < -0.39 is 0 Å². The predicted molar refractivity (Wildman–Crippen MR) is 41.4 cm³/mol. The molecule has 1 rings (SSSR count). The summed E-state index contributed by atoms with van der Waals surface area (Å²) in [6.07, 6.45) is 0. The van der Waals surface area contributed by atoms with E-state index >= 15 is 0 Å². The summed E-state index contributed by atoms with van der Waals surface area (Å²) in [5.74, 6) is 0.732. The summed E-state index contributed by atoms with van der Waals surface area (Å²) in [4.78, 5) is 0. The minimum absolute atomic E-state index is 0.0393. The van der Waals surface area contributed by atoms with Gasteiger partial charge in [-0.05, 0) is 13.0 Å². The highest BCUT2D eigenvalue weighted by Gasteiger charge is 1.90. The maximum absolute atomic E-state index is 8.45. The standard InChI is InChI=1S/C9H10O2/c1-8-3-2-4-9(7-8)11-6-5-10/h4,7,10H,5-6H2,1H3. The van der Waals surface area contributed by atoms with E-state index in [1.807, 2.05) is 13.0 Å². The van der Waals surface area contributed by atoms with Crippen LogP contribution in [0.15, 0.2) is 12.1 Å². The molecule has 0 saturated carbocycles. The van der Waals surface area contributed by atoms with E-state index in [4.69, 9.17) is 9.84 Å². The van der Waals surface area contributed by atoms with Crippen LogP contribution in [0.3, 0.4) is 0 Å². The van der Waals surface area contributed by atoms with Crippen molar-refractivity contribution in [3.05, 3.63) is 29.8 Å². The van der Waals surface area contributed by atoms with Gasteiger partial charge in [0.15, 0.2) is 0 Å². The Morgan fingerprint density at radius 2 is 2.45 bits per heavy atom. The molecule has 2 nitrogen and oxygen atoms in total. The Hall–Kier alpha value is -1.20. The van der Waals surface area contributed by atoms with Crippen LogP contribution in [0.4, 0.5) is 0 Å². The number of aliphatic hydroxyl groups excluding tert-OH is 1. The van der Waals surface area contributed by atoms with Gasteiger partial charge in [0.25, 0.3) is 0 Å². The highest BCUT2D eigenvalue weighted by Crippen LogP contribution is 2.08. The monoisotopic (exact) mass is 150 g/mol. The van der Waals surface area contributed by atoms with Gasteiger partial charge in [-0.3, -0.25) is 0 Å². The van der Waals surface area contributed by atoms with E-state index in [1.165, 1.54) is 0 Å². The zero-order valence-corrected chi connectivity index (χ0v) is 6.42. The van der Waals surface area contributed by atoms with Crippen molar-refractivity contribution in [3.8, 4) is 5.75 Å². The Bertz CT molecular complexity index is 221. The molecule has 0 fully saturated rings. The van der Waals surface area contributed by atoms with Crippen molar-refractivity contribution in [1.29, 1.82) is 0 Å². The molecule has 1 N–H and O–H groups in total. The number of aryl methyl sites for hydroxylation is 1. The molecule has 0 atom stereocenters. The molecule has 2 heteroatoms. The summed E-state index contributed by atoms with van der Waals surface area (Å²) in [5, 5.41) is 8.45. The SMILES string of the molecule is Cc1c#ccc(OCCO)c1. The van der Waals surface area contributed by atoms with Crippen molar-refractivity contribution >= 4 is 0 Å². The van der Waals surface area contributed by atoms with Crippen LogP contribution in [0.1, 0.15) is 5.56 Å². The molecular weight excluding hydrogens is 140 g/mol. The normalized spacial score (nSPS) is 8.91. The molecule has 0 amide bonds. The van der Waals surface area contributed by atoms with Gasteiger partial charge in [0, 0.05) is 11.6 Å². The van der Waals surface area contributed by atoms with E-state index in [-0.39, 0.29) is 6.61 Å². The summed E-state index contributed by atoms with van der Waals surface area (Å²) in [6, 6.07) is 9.24. The Balaban J connectivity index is 2.56. The van der Waals surface area contributed by atoms with Crippen LogP contribution in [-0.2, 0) is 0 Å². The molecule has 11 heavy (non-hydrogen) atoms. The first-order valence-corrected chi connectivity index (χ1v) is 3.46. The number of rotatable bonds is 3. The van der Waals surface area contributed by atoms with Crippen LogP contribution >= 0.6 is 0 Å². The summed E-state index contributed by atoms with van der Waals surface area (Å²) in [6.45, 7) is 2.29. The fourth-order valence-corrected chi connectivity index (χ4v) is 0.759. The average molecular weight is 150 g/mol. The topological polar surface area (TPSA) is 29.5 Å². The molecular formula is C9H10O2. The molecule has 58 valence electrons. The van der Waals surface area contributed by atoms with Crippen LogP contribution < -0.4 is 4.74 Å². The maximum Gasteiger partial charge on any atom is 0.128 e. The Morgan fingerprint density at radius 1 is 1.64 bits per heavy atom. The molecule has 0 radical (unpaired) electrons. The third-order valence-corrected chi connectivity index (χ3v) is 1.20. The first-order chi connectivity index (χ1) is 5.33. The summed E-state index contributed by atoms with van der Waals surface area (Å²) < 4.78 is 5.13. The van der Waals surface area contributed by atoms with E-state index in [1.54, 1.807) is 6.07 Å². The third-order valence-electron chi connectivity index (χ3n) is 1.20. The van der Waals surface area contributed by atoms with E-state index in [2.05, 4.69) is 12.1 Å². The van der Waals surface area contributed by atoms with E-state index in [0.29, 0.717) is 6.61 Å². The van der Waals surface area contributed by atoms with Crippen LogP contribution in [-0.4, -0.2) is 18.3 Å². The lowest BCUT2D eigenvalue weighted by Gasteiger charge is -2.01. The first-order valence-electron chi connectivity index (χ1n) is 3.46. The Labute approximate surface area is 66.4 Å². The summed E-state index contributed by atoms with van der Waals surface area (Å²) in [7, 11) is 0. The molecule has 0 unspecified atom stereocenters. The van der Waals surface area contributed by atoms with Gasteiger partial charge in [-0.2, -0.15) is 0 Å². The quantitative estimate of drug-likeness (QED) is 0.695. The van der Waals surface area contributed by atoms with E-state index in [0.717, 1.165) is 11.3 Å². The van der Waals surface area contributed by atoms with Crippen molar-refractivity contribution in [2.75, 3.05) is 13.2 Å². The highest BCUT2D eigenvalue weighted by atomic mass is 16.5. The molecule has 0 aliphatic heterocycles. The van der Waals surface area contributed by atoms with Crippen molar-refractivity contribution in [2.45, 2.75) is 6.92 Å². The van der Waals surface area contributed by atoms with Crippen molar-refractivity contribution in [2.24, 2.45) is 0 Å². The molecule has 0 saturated heterocycles. The van der Waals surface area contributed by atoms with Gasteiger partial charge in [0.1, 0.15) is 12.4 Å². The maximum atomic E-state index is 8.45. The zero-order chi connectivity index (χ0) is 8.10. The van der Waals surface area contributed by atoms with Gasteiger partial charge in [0.05, 0.1) is 6.61 Å². The van der Waals surface area contributed by atoms with Crippen molar-refractivity contribution < 1.29 is 9.84 Å². The summed E-state index contributed by atoms with van der Waals surface area (Å²) in [5.41, 5.74) is 0.987. The number of ether oxygens (including phenoxy) is 1. The van der Waals surface area contributed by atoms with Crippen LogP contribution in [0.5, 0.6) is 5.75 Å². The second kappa shape index (κ2) is 3.85. The molecule has 0 aliphatic rings. The number of hydrogen-bond acceptors (Lipinski definition) is 2. The minimum atomic E-state index is 0.0393. The van der Waals surface area contributed by atoms with Gasteiger partial charge in [-0.25, -0.2) is 0 Å². The van der Waals surface area contributed by atoms with Crippen LogP contribution in [0.25, 0.3) is 0 Å². The second-order valence-corrected chi connectivity index (χ2v) is 2.22. The van der Waals surface area contributed by atoms with Gasteiger partial charge in [-0.15, -0.1) is 0 Å². The van der Waals surface area contributed by atoms with Gasteiger partial charge >= 0.3 is 0 Å². The first kappa shape index (κ1) is 7.90. The van der Waals surface area contributed by atoms with Crippen molar-refractivity contribution in [1.82, 2.24) is 0 Å². The molecule has 0 aliphatic carbocycles. The van der Waals surface area contributed by atoms with Gasteiger partial charge in [-0.1, -0.05) is 12.1 Å². The average Bonchev–Trinajstić information content (AvgIpc) is 2.01. The third kappa shape index (κ3) is 2.48. The van der Waals surface area contributed by atoms with E-state index in [9.17, 15) is 0 Å². The highest BCUT2D eigenvalue weighted by molar-refractivity contribution is 5.22. The molecule has 0 heterocycles. The molecule has 0 aromatic heterocycles. The van der Waals surface area contributed by atoms with Gasteiger partial charge in [0.2, 0.25) is 0 Å². The minimum Gasteiger partial charge on any atom is -0.490 e. The molecule has 1 aromatic carbocycles. The van der Waals surface area contributed by atoms with Gasteiger partial charge < -0.3 is 9.84 Å². The smallest absolute Gasteiger partial charge is 0.128 e. The number of aliphatic hydroxyl groups is 1. The molecule has 1 aromatic rings. The second-order valence-electron chi connectivity index (χ2n) is 2.22. The van der Waals surface area contributed by atoms with Crippen LogP contribution in [0.2, 0.25) is 0 Å². The fraction of sp³-hybridized carbons (Fsp3) is 0.333.